The molecule has 0 saturated heterocycles. The van der Waals surface area contributed by atoms with Crippen molar-refractivity contribution in [2.24, 2.45) is 11.7 Å². The van der Waals surface area contributed by atoms with Crippen molar-refractivity contribution in [1.29, 1.82) is 0 Å². The standard InChI is InChI=1S/C9H19NO2/c1-3-5-7(6-4-2)8(10)9(11)12/h7-8H,3-6,10H2,1-2H3,(H,11,12)/t8-/m0/s1. The lowest BCUT2D eigenvalue weighted by molar-refractivity contribution is -0.140. The van der Waals surface area contributed by atoms with Crippen molar-refractivity contribution in [2.45, 2.75) is 45.6 Å². The van der Waals surface area contributed by atoms with E-state index in [4.69, 9.17) is 10.8 Å². The molecule has 12 heavy (non-hydrogen) atoms. The Labute approximate surface area is 74.0 Å². The van der Waals surface area contributed by atoms with Crippen LogP contribution < -0.4 is 5.73 Å². The summed E-state index contributed by atoms with van der Waals surface area (Å²) in [7, 11) is 0. The van der Waals surface area contributed by atoms with E-state index in [2.05, 4.69) is 13.8 Å². The zero-order valence-electron chi connectivity index (χ0n) is 7.92. The van der Waals surface area contributed by atoms with Crippen LogP contribution in [-0.2, 0) is 4.79 Å². The van der Waals surface area contributed by atoms with Crippen LogP contribution in [0.5, 0.6) is 0 Å². The van der Waals surface area contributed by atoms with Gasteiger partial charge in [-0.05, 0) is 18.8 Å². The summed E-state index contributed by atoms with van der Waals surface area (Å²) >= 11 is 0. The Morgan fingerprint density at radius 2 is 1.75 bits per heavy atom. The maximum Gasteiger partial charge on any atom is 0.320 e. The van der Waals surface area contributed by atoms with Crippen molar-refractivity contribution in [3.63, 3.8) is 0 Å². The van der Waals surface area contributed by atoms with Crippen LogP contribution in [-0.4, -0.2) is 17.1 Å². The van der Waals surface area contributed by atoms with Gasteiger partial charge in [-0.3, -0.25) is 4.79 Å². The largest absolute Gasteiger partial charge is 0.480 e. The second kappa shape index (κ2) is 6.00. The van der Waals surface area contributed by atoms with E-state index in [9.17, 15) is 4.79 Å². The van der Waals surface area contributed by atoms with Gasteiger partial charge in [0.05, 0.1) is 0 Å². The number of hydrogen-bond acceptors (Lipinski definition) is 2. The lowest BCUT2D eigenvalue weighted by atomic mass is 9.91. The fourth-order valence-electron chi connectivity index (χ4n) is 1.45. The first-order chi connectivity index (χ1) is 5.63. The molecule has 0 aliphatic rings. The van der Waals surface area contributed by atoms with Crippen LogP contribution >= 0.6 is 0 Å². The van der Waals surface area contributed by atoms with Gasteiger partial charge >= 0.3 is 5.97 Å². The molecule has 0 amide bonds. The average molecular weight is 173 g/mol. The first-order valence-corrected chi connectivity index (χ1v) is 4.61. The molecule has 3 nitrogen and oxygen atoms in total. The normalized spacial score (nSPS) is 13.3. The summed E-state index contributed by atoms with van der Waals surface area (Å²) in [4.78, 5) is 10.6. The van der Waals surface area contributed by atoms with E-state index >= 15 is 0 Å². The molecule has 0 aromatic rings. The van der Waals surface area contributed by atoms with Gasteiger partial charge in [-0.15, -0.1) is 0 Å². The van der Waals surface area contributed by atoms with Crippen LogP contribution in [0.3, 0.4) is 0 Å². The van der Waals surface area contributed by atoms with Gasteiger partial charge in [-0.25, -0.2) is 0 Å². The van der Waals surface area contributed by atoms with Gasteiger partial charge in [-0.2, -0.15) is 0 Å². The maximum absolute atomic E-state index is 10.6. The Bertz CT molecular complexity index is 130. The van der Waals surface area contributed by atoms with Crippen LogP contribution in [0.25, 0.3) is 0 Å². The molecule has 0 spiro atoms. The number of rotatable bonds is 6. The molecule has 0 saturated carbocycles. The van der Waals surface area contributed by atoms with E-state index < -0.39 is 12.0 Å². The number of carbonyl (C=O) groups is 1. The van der Waals surface area contributed by atoms with Crippen molar-refractivity contribution in [2.75, 3.05) is 0 Å². The first kappa shape index (κ1) is 11.4. The van der Waals surface area contributed by atoms with Crippen molar-refractivity contribution >= 4 is 5.97 Å². The molecule has 0 aliphatic carbocycles. The topological polar surface area (TPSA) is 63.3 Å². The summed E-state index contributed by atoms with van der Waals surface area (Å²) < 4.78 is 0. The summed E-state index contributed by atoms with van der Waals surface area (Å²) in [5.41, 5.74) is 5.53. The molecular formula is C9H19NO2. The molecule has 0 fully saturated rings. The number of aliphatic carboxylic acids is 1. The Hall–Kier alpha value is -0.570. The molecule has 0 aromatic heterocycles. The minimum absolute atomic E-state index is 0.150. The van der Waals surface area contributed by atoms with Gasteiger partial charge < -0.3 is 10.8 Å². The predicted molar refractivity (Wildman–Crippen MR) is 48.9 cm³/mol. The van der Waals surface area contributed by atoms with E-state index in [-0.39, 0.29) is 5.92 Å². The highest BCUT2D eigenvalue weighted by Gasteiger charge is 2.22. The van der Waals surface area contributed by atoms with Crippen molar-refractivity contribution in [1.82, 2.24) is 0 Å². The number of hydrogen-bond donors (Lipinski definition) is 2. The highest BCUT2D eigenvalue weighted by Crippen LogP contribution is 2.16. The Balaban J connectivity index is 3.98. The molecule has 0 aliphatic heterocycles. The lowest BCUT2D eigenvalue weighted by Gasteiger charge is -2.18. The third-order valence-electron chi connectivity index (χ3n) is 2.11. The van der Waals surface area contributed by atoms with E-state index in [0.717, 1.165) is 25.7 Å². The summed E-state index contributed by atoms with van der Waals surface area (Å²) in [5, 5.41) is 8.68. The van der Waals surface area contributed by atoms with Gasteiger partial charge in [0.1, 0.15) is 6.04 Å². The zero-order chi connectivity index (χ0) is 9.56. The summed E-state index contributed by atoms with van der Waals surface area (Å²) in [6.07, 6.45) is 3.85. The van der Waals surface area contributed by atoms with E-state index in [1.807, 2.05) is 0 Å². The Morgan fingerprint density at radius 1 is 1.33 bits per heavy atom. The second-order valence-electron chi connectivity index (χ2n) is 3.20. The molecule has 1 atom stereocenters. The molecule has 0 aromatic carbocycles. The molecule has 0 rings (SSSR count). The van der Waals surface area contributed by atoms with Gasteiger partial charge in [-0.1, -0.05) is 26.7 Å². The first-order valence-electron chi connectivity index (χ1n) is 4.61. The molecule has 0 unspecified atom stereocenters. The molecule has 0 radical (unpaired) electrons. The Kier molecular flexibility index (Phi) is 5.72. The third-order valence-corrected chi connectivity index (χ3v) is 2.11. The van der Waals surface area contributed by atoms with E-state index in [1.165, 1.54) is 0 Å². The monoisotopic (exact) mass is 173 g/mol. The minimum atomic E-state index is -0.873. The van der Waals surface area contributed by atoms with Crippen LogP contribution in [0.4, 0.5) is 0 Å². The highest BCUT2D eigenvalue weighted by atomic mass is 16.4. The van der Waals surface area contributed by atoms with Crippen molar-refractivity contribution in [3.8, 4) is 0 Å². The predicted octanol–water partition coefficient (Wildman–Crippen LogP) is 1.61. The van der Waals surface area contributed by atoms with Gasteiger partial charge in [0, 0.05) is 0 Å². The van der Waals surface area contributed by atoms with Crippen molar-refractivity contribution in [3.05, 3.63) is 0 Å². The molecule has 0 heterocycles. The van der Waals surface area contributed by atoms with Crippen LogP contribution in [0, 0.1) is 5.92 Å². The molecule has 3 heteroatoms. The van der Waals surface area contributed by atoms with Gasteiger partial charge in [0.15, 0.2) is 0 Å². The number of carboxylic acids is 1. The Morgan fingerprint density at radius 3 is 2.00 bits per heavy atom. The molecule has 3 N–H and O–H groups in total. The summed E-state index contributed by atoms with van der Waals surface area (Å²) in [6.45, 7) is 4.11. The van der Waals surface area contributed by atoms with Gasteiger partial charge in [0.2, 0.25) is 0 Å². The molecule has 0 bridgehead atoms. The quantitative estimate of drug-likeness (QED) is 0.641. The van der Waals surface area contributed by atoms with Gasteiger partial charge in [0.25, 0.3) is 0 Å². The van der Waals surface area contributed by atoms with Crippen LogP contribution in [0.1, 0.15) is 39.5 Å². The molecular weight excluding hydrogens is 154 g/mol. The lowest BCUT2D eigenvalue weighted by Crippen LogP contribution is -2.37. The fraction of sp³-hybridized carbons (Fsp3) is 0.889. The number of carboxylic acid groups (broad SMARTS) is 1. The second-order valence-corrected chi connectivity index (χ2v) is 3.20. The highest BCUT2D eigenvalue weighted by molar-refractivity contribution is 5.73. The third kappa shape index (κ3) is 3.72. The molecule has 72 valence electrons. The fourth-order valence-corrected chi connectivity index (χ4v) is 1.45. The SMILES string of the molecule is CCCC(CCC)[C@H](N)C(=O)O. The van der Waals surface area contributed by atoms with Crippen molar-refractivity contribution < 1.29 is 9.90 Å². The minimum Gasteiger partial charge on any atom is -0.480 e. The summed E-state index contributed by atoms with van der Waals surface area (Å²) in [6, 6.07) is -0.676. The summed E-state index contributed by atoms with van der Waals surface area (Å²) in [5.74, 6) is -0.723. The number of nitrogens with two attached hydrogens (primary N) is 1. The van der Waals surface area contributed by atoms with Crippen LogP contribution in [0.15, 0.2) is 0 Å². The maximum atomic E-state index is 10.6. The van der Waals surface area contributed by atoms with E-state index in [1.54, 1.807) is 0 Å². The van der Waals surface area contributed by atoms with E-state index in [0.29, 0.717) is 0 Å². The van der Waals surface area contributed by atoms with Crippen LogP contribution in [0.2, 0.25) is 0 Å². The average Bonchev–Trinajstić information content (AvgIpc) is 2.03. The smallest absolute Gasteiger partial charge is 0.320 e. The zero-order valence-corrected chi connectivity index (χ0v) is 7.92.